The van der Waals surface area contributed by atoms with Crippen molar-refractivity contribution in [3.63, 3.8) is 0 Å². The summed E-state index contributed by atoms with van der Waals surface area (Å²) in [6.45, 7) is 6.01. The molecule has 5 nitrogen and oxygen atoms in total. The molecule has 20 heavy (non-hydrogen) atoms. The van der Waals surface area contributed by atoms with Crippen LogP contribution in [0.4, 0.5) is 5.13 Å². The van der Waals surface area contributed by atoms with E-state index in [0.717, 1.165) is 18.2 Å². The molecule has 0 amide bonds. The number of carbonyl (C=O) groups is 1. The Kier molecular flexibility index (Phi) is 3.94. The summed E-state index contributed by atoms with van der Waals surface area (Å²) >= 11 is 1.41. The van der Waals surface area contributed by atoms with Gasteiger partial charge in [-0.25, -0.2) is 9.78 Å². The molecule has 0 N–H and O–H groups in total. The highest BCUT2D eigenvalue weighted by Gasteiger charge is 2.38. The molecule has 2 heterocycles. The fourth-order valence-electron chi connectivity index (χ4n) is 2.58. The van der Waals surface area contributed by atoms with E-state index >= 15 is 0 Å². The average molecular weight is 296 g/mol. The molecule has 2 fully saturated rings. The Labute approximate surface area is 122 Å². The first-order valence-corrected chi connectivity index (χ1v) is 8.02. The third-order valence-corrected chi connectivity index (χ3v) is 4.71. The number of rotatable bonds is 4. The van der Waals surface area contributed by atoms with Crippen molar-refractivity contribution in [2.75, 3.05) is 24.6 Å². The molecule has 2 atom stereocenters. The number of carbonyl (C=O) groups excluding carboxylic acids is 1. The molecule has 1 aliphatic carbocycles. The SMILES string of the molecule is CCOC(=O)c1cnc(N2C[C@@H](C3CC3)O[C@@H](C)C2)s1. The van der Waals surface area contributed by atoms with Gasteiger partial charge in [0.1, 0.15) is 4.88 Å². The van der Waals surface area contributed by atoms with Crippen molar-refractivity contribution in [3.8, 4) is 0 Å². The summed E-state index contributed by atoms with van der Waals surface area (Å²) in [5, 5.41) is 0.897. The van der Waals surface area contributed by atoms with Gasteiger partial charge >= 0.3 is 5.97 Å². The molecule has 0 bridgehead atoms. The molecule has 1 saturated heterocycles. The van der Waals surface area contributed by atoms with Crippen molar-refractivity contribution >= 4 is 22.4 Å². The van der Waals surface area contributed by atoms with Gasteiger partial charge in [-0.2, -0.15) is 0 Å². The third-order valence-electron chi connectivity index (χ3n) is 3.67. The number of nitrogens with zero attached hydrogens (tertiary/aromatic N) is 2. The highest BCUT2D eigenvalue weighted by Crippen LogP contribution is 2.38. The third kappa shape index (κ3) is 2.96. The van der Waals surface area contributed by atoms with Gasteiger partial charge in [-0.3, -0.25) is 0 Å². The van der Waals surface area contributed by atoms with Crippen LogP contribution >= 0.6 is 11.3 Å². The summed E-state index contributed by atoms with van der Waals surface area (Å²) in [6.07, 6.45) is 4.69. The van der Waals surface area contributed by atoms with Crippen molar-refractivity contribution in [1.82, 2.24) is 4.98 Å². The number of hydrogen-bond donors (Lipinski definition) is 0. The Morgan fingerprint density at radius 1 is 1.55 bits per heavy atom. The number of thiazole rings is 1. The van der Waals surface area contributed by atoms with Crippen LogP contribution in [-0.2, 0) is 9.47 Å². The summed E-state index contributed by atoms with van der Waals surface area (Å²) in [7, 11) is 0. The zero-order chi connectivity index (χ0) is 14.1. The monoisotopic (exact) mass is 296 g/mol. The van der Waals surface area contributed by atoms with E-state index in [0.29, 0.717) is 23.5 Å². The van der Waals surface area contributed by atoms with Gasteiger partial charge in [-0.1, -0.05) is 11.3 Å². The van der Waals surface area contributed by atoms with E-state index in [2.05, 4.69) is 16.8 Å². The summed E-state index contributed by atoms with van der Waals surface area (Å²) in [4.78, 5) is 18.9. The first-order valence-electron chi connectivity index (χ1n) is 7.20. The van der Waals surface area contributed by atoms with Crippen LogP contribution in [0.3, 0.4) is 0 Å². The smallest absolute Gasteiger partial charge is 0.350 e. The standard InChI is InChI=1S/C14H20N2O3S/c1-3-18-13(17)12-6-15-14(20-12)16-7-9(2)19-11(8-16)10-4-5-10/h6,9-11H,3-5,7-8H2,1-2H3/t9-,11-/m0/s1. The summed E-state index contributed by atoms with van der Waals surface area (Å²) in [5.41, 5.74) is 0. The molecule has 1 aliphatic heterocycles. The molecule has 0 aromatic carbocycles. The van der Waals surface area contributed by atoms with Crippen LogP contribution in [0.1, 0.15) is 36.4 Å². The van der Waals surface area contributed by atoms with Crippen molar-refractivity contribution in [3.05, 3.63) is 11.1 Å². The quantitative estimate of drug-likeness (QED) is 0.798. The van der Waals surface area contributed by atoms with Gasteiger partial charge in [-0.15, -0.1) is 0 Å². The molecule has 6 heteroatoms. The minimum Gasteiger partial charge on any atom is -0.462 e. The second kappa shape index (κ2) is 5.69. The molecule has 1 saturated carbocycles. The number of anilines is 1. The maximum atomic E-state index is 11.7. The zero-order valence-corrected chi connectivity index (χ0v) is 12.7. The Bertz CT molecular complexity index is 487. The number of morpholine rings is 1. The van der Waals surface area contributed by atoms with Gasteiger partial charge in [0.2, 0.25) is 0 Å². The van der Waals surface area contributed by atoms with E-state index < -0.39 is 0 Å². The predicted octanol–water partition coefficient (Wildman–Crippen LogP) is 2.32. The predicted molar refractivity (Wildman–Crippen MR) is 77.3 cm³/mol. The van der Waals surface area contributed by atoms with E-state index in [1.165, 1.54) is 24.2 Å². The highest BCUT2D eigenvalue weighted by molar-refractivity contribution is 7.17. The van der Waals surface area contributed by atoms with Crippen LogP contribution in [0.2, 0.25) is 0 Å². The number of ether oxygens (including phenoxy) is 2. The molecule has 0 radical (unpaired) electrons. The largest absolute Gasteiger partial charge is 0.462 e. The summed E-state index contributed by atoms with van der Waals surface area (Å²) in [5.74, 6) is 0.432. The second-order valence-electron chi connectivity index (χ2n) is 5.46. The number of hydrogen-bond acceptors (Lipinski definition) is 6. The topological polar surface area (TPSA) is 51.7 Å². The molecule has 1 aromatic rings. The lowest BCUT2D eigenvalue weighted by Gasteiger charge is -2.36. The minimum absolute atomic E-state index is 0.212. The van der Waals surface area contributed by atoms with Gasteiger partial charge < -0.3 is 14.4 Å². The van der Waals surface area contributed by atoms with E-state index in [1.54, 1.807) is 6.20 Å². The van der Waals surface area contributed by atoms with Crippen molar-refractivity contribution in [1.29, 1.82) is 0 Å². The molecule has 3 rings (SSSR count). The molecule has 1 aromatic heterocycles. The van der Waals surface area contributed by atoms with Crippen LogP contribution < -0.4 is 4.90 Å². The Hall–Kier alpha value is -1.14. The van der Waals surface area contributed by atoms with E-state index in [1.807, 2.05) is 6.92 Å². The van der Waals surface area contributed by atoms with Gasteiger partial charge in [0.05, 0.1) is 25.0 Å². The van der Waals surface area contributed by atoms with Crippen molar-refractivity contribution in [2.24, 2.45) is 5.92 Å². The first-order chi connectivity index (χ1) is 9.67. The molecule has 0 spiro atoms. The Morgan fingerprint density at radius 2 is 2.35 bits per heavy atom. The number of aromatic nitrogens is 1. The van der Waals surface area contributed by atoms with Crippen LogP contribution in [0.5, 0.6) is 0 Å². The molecule has 110 valence electrons. The van der Waals surface area contributed by atoms with Crippen LogP contribution in [0, 0.1) is 5.92 Å². The highest BCUT2D eigenvalue weighted by atomic mass is 32.1. The Morgan fingerprint density at radius 3 is 3.05 bits per heavy atom. The molecular weight excluding hydrogens is 276 g/mol. The summed E-state index contributed by atoms with van der Waals surface area (Å²) in [6, 6.07) is 0. The lowest BCUT2D eigenvalue weighted by molar-refractivity contribution is -0.0271. The van der Waals surface area contributed by atoms with Gasteiger partial charge in [-0.05, 0) is 32.6 Å². The van der Waals surface area contributed by atoms with Gasteiger partial charge in [0.15, 0.2) is 5.13 Å². The van der Waals surface area contributed by atoms with Crippen LogP contribution in [-0.4, -0.2) is 42.9 Å². The molecule has 2 aliphatic rings. The summed E-state index contributed by atoms with van der Waals surface area (Å²) < 4.78 is 11.0. The number of esters is 1. The van der Waals surface area contributed by atoms with Crippen molar-refractivity contribution < 1.29 is 14.3 Å². The van der Waals surface area contributed by atoms with Gasteiger partial charge in [0.25, 0.3) is 0 Å². The fraction of sp³-hybridized carbons (Fsp3) is 0.714. The zero-order valence-electron chi connectivity index (χ0n) is 11.9. The minimum atomic E-state index is -0.281. The maximum Gasteiger partial charge on any atom is 0.350 e. The second-order valence-corrected chi connectivity index (χ2v) is 6.46. The van der Waals surface area contributed by atoms with Crippen LogP contribution in [0.25, 0.3) is 0 Å². The maximum absolute atomic E-state index is 11.7. The van der Waals surface area contributed by atoms with E-state index in [-0.39, 0.29) is 12.1 Å². The lowest BCUT2D eigenvalue weighted by atomic mass is 10.1. The molecular formula is C14H20N2O3S. The van der Waals surface area contributed by atoms with Crippen molar-refractivity contribution in [2.45, 2.75) is 38.9 Å². The average Bonchev–Trinajstić information content (AvgIpc) is 3.15. The normalized spacial score (nSPS) is 26.6. The molecule has 0 unspecified atom stereocenters. The van der Waals surface area contributed by atoms with Crippen LogP contribution in [0.15, 0.2) is 6.20 Å². The van der Waals surface area contributed by atoms with E-state index in [4.69, 9.17) is 9.47 Å². The first kappa shape index (κ1) is 13.8. The lowest BCUT2D eigenvalue weighted by Crippen LogP contribution is -2.47. The Balaban J connectivity index is 1.69. The fourth-order valence-corrected chi connectivity index (χ4v) is 3.41. The van der Waals surface area contributed by atoms with E-state index in [9.17, 15) is 4.79 Å². The van der Waals surface area contributed by atoms with Gasteiger partial charge in [0, 0.05) is 13.1 Å².